The van der Waals surface area contributed by atoms with Gasteiger partial charge in [-0.15, -0.1) is 0 Å². The van der Waals surface area contributed by atoms with Gasteiger partial charge in [-0.05, 0) is 6.92 Å². The third-order valence-corrected chi connectivity index (χ3v) is 1.89. The number of carboxylic acids is 1. The predicted octanol–water partition coefficient (Wildman–Crippen LogP) is 0.933. The number of aromatic amines is 1. The molecule has 1 rings (SSSR count). The molecule has 82 valence electrons. The molecule has 1 heterocycles. The fourth-order valence-electron chi connectivity index (χ4n) is 1.29. The van der Waals surface area contributed by atoms with E-state index in [1.54, 1.807) is 0 Å². The Balaban J connectivity index is 3.45. The maximum atomic E-state index is 11.3. The first kappa shape index (κ1) is 11.1. The minimum absolute atomic E-state index is 0.00755. The molecule has 0 saturated heterocycles. The van der Waals surface area contributed by atoms with E-state index in [4.69, 9.17) is 14.6 Å². The van der Waals surface area contributed by atoms with Gasteiger partial charge in [-0.2, -0.15) is 0 Å². The second-order valence-corrected chi connectivity index (χ2v) is 2.80. The number of carbonyl (C=O) groups excluding carboxylic acids is 1. The van der Waals surface area contributed by atoms with Gasteiger partial charge in [0.1, 0.15) is 5.56 Å². The largest absolute Gasteiger partial charge is 0.493 e. The maximum Gasteiger partial charge on any atom is 0.356 e. The van der Waals surface area contributed by atoms with Gasteiger partial charge in [0, 0.05) is 0 Å². The van der Waals surface area contributed by atoms with Crippen LogP contribution in [-0.2, 0) is 0 Å². The normalized spacial score (nSPS) is 9.80. The first-order chi connectivity index (χ1) is 7.02. The van der Waals surface area contributed by atoms with Crippen LogP contribution in [0.5, 0.6) is 11.6 Å². The summed E-state index contributed by atoms with van der Waals surface area (Å²) < 4.78 is 9.73. The molecule has 0 saturated carbocycles. The molecule has 0 aliphatic heterocycles. The molecule has 1 aromatic rings. The van der Waals surface area contributed by atoms with E-state index in [-0.39, 0.29) is 28.7 Å². The summed E-state index contributed by atoms with van der Waals surface area (Å²) >= 11 is 0. The number of rotatable bonds is 4. The van der Waals surface area contributed by atoms with Crippen LogP contribution in [0.2, 0.25) is 0 Å². The van der Waals surface area contributed by atoms with Crippen LogP contribution in [0, 0.1) is 0 Å². The number of carbonyl (C=O) groups is 2. The minimum atomic E-state index is -1.21. The van der Waals surface area contributed by atoms with Gasteiger partial charge >= 0.3 is 5.97 Å². The summed E-state index contributed by atoms with van der Waals surface area (Å²) in [6.45, 7) is 1.31. The Morgan fingerprint density at radius 2 is 1.87 bits per heavy atom. The lowest BCUT2D eigenvalue weighted by molar-refractivity contribution is 0.0687. The Bertz CT molecular complexity index is 407. The summed E-state index contributed by atoms with van der Waals surface area (Å²) in [5.74, 6) is -1.45. The van der Waals surface area contributed by atoms with Crippen molar-refractivity contribution < 1.29 is 24.2 Å². The van der Waals surface area contributed by atoms with Crippen LogP contribution in [0.15, 0.2) is 0 Å². The van der Waals surface area contributed by atoms with Crippen molar-refractivity contribution in [2.24, 2.45) is 0 Å². The molecule has 0 radical (unpaired) electrons. The zero-order valence-electron chi connectivity index (χ0n) is 8.58. The van der Waals surface area contributed by atoms with E-state index in [0.717, 1.165) is 0 Å². The van der Waals surface area contributed by atoms with Gasteiger partial charge in [0.05, 0.1) is 14.2 Å². The highest BCUT2D eigenvalue weighted by Crippen LogP contribution is 2.32. The molecular formula is C9H11NO5. The molecule has 2 N–H and O–H groups in total. The van der Waals surface area contributed by atoms with Crippen LogP contribution in [0.4, 0.5) is 0 Å². The van der Waals surface area contributed by atoms with Gasteiger partial charge in [-0.1, -0.05) is 0 Å². The molecule has 15 heavy (non-hydrogen) atoms. The highest BCUT2D eigenvalue weighted by atomic mass is 16.5. The average molecular weight is 213 g/mol. The van der Waals surface area contributed by atoms with Crippen LogP contribution >= 0.6 is 0 Å². The molecule has 0 unspecified atom stereocenters. The Hall–Kier alpha value is -1.98. The van der Waals surface area contributed by atoms with Crippen molar-refractivity contribution in [1.82, 2.24) is 4.98 Å². The number of Topliss-reactive ketones (excluding diaryl/α,β-unsaturated/α-hetero) is 1. The molecule has 0 fully saturated rings. The number of H-pyrrole nitrogens is 1. The van der Waals surface area contributed by atoms with E-state index in [2.05, 4.69) is 4.98 Å². The number of methoxy groups -OCH3 is 2. The summed E-state index contributed by atoms with van der Waals surface area (Å²) in [6.07, 6.45) is 0. The van der Waals surface area contributed by atoms with Crippen molar-refractivity contribution in [2.75, 3.05) is 14.2 Å². The summed E-state index contributed by atoms with van der Waals surface area (Å²) in [5.41, 5.74) is -0.0862. The Labute approximate surface area is 85.8 Å². The second-order valence-electron chi connectivity index (χ2n) is 2.80. The molecule has 0 aliphatic carbocycles. The first-order valence-electron chi connectivity index (χ1n) is 4.11. The van der Waals surface area contributed by atoms with Gasteiger partial charge in [-0.3, -0.25) is 4.79 Å². The molecule has 0 bridgehead atoms. The summed E-state index contributed by atoms with van der Waals surface area (Å²) in [7, 11) is 2.63. The third-order valence-electron chi connectivity index (χ3n) is 1.89. The van der Waals surface area contributed by atoms with E-state index >= 15 is 0 Å². The van der Waals surface area contributed by atoms with E-state index < -0.39 is 5.97 Å². The topological polar surface area (TPSA) is 88.6 Å². The van der Waals surface area contributed by atoms with Crippen molar-refractivity contribution in [3.63, 3.8) is 0 Å². The summed E-state index contributed by atoms with van der Waals surface area (Å²) in [5, 5.41) is 8.83. The Morgan fingerprint density at radius 3 is 2.20 bits per heavy atom. The fourth-order valence-corrected chi connectivity index (χ4v) is 1.29. The quantitative estimate of drug-likeness (QED) is 0.726. The number of carboxylic acid groups (broad SMARTS) is 1. The van der Waals surface area contributed by atoms with Crippen molar-refractivity contribution in [3.05, 3.63) is 11.3 Å². The lowest BCUT2D eigenvalue weighted by Gasteiger charge is -2.01. The molecule has 6 nitrogen and oxygen atoms in total. The van der Waals surface area contributed by atoms with Gasteiger partial charge in [-0.25, -0.2) is 4.79 Å². The standard InChI is InChI=1S/C9H11NO5/c1-4(11)5-7(14-2)6(9(12)13)10-8(5)15-3/h10H,1-3H3,(H,12,13). The third kappa shape index (κ3) is 1.78. The summed E-state index contributed by atoms with van der Waals surface area (Å²) in [4.78, 5) is 24.5. The first-order valence-corrected chi connectivity index (χ1v) is 4.11. The highest BCUT2D eigenvalue weighted by molar-refractivity contribution is 6.03. The molecule has 0 aliphatic rings. The SMILES string of the molecule is COc1[nH]c(C(=O)O)c(OC)c1C(C)=O. The predicted molar refractivity (Wildman–Crippen MR) is 50.9 cm³/mol. The van der Waals surface area contributed by atoms with Crippen LogP contribution in [0.25, 0.3) is 0 Å². The zero-order chi connectivity index (χ0) is 11.6. The average Bonchev–Trinajstić information content (AvgIpc) is 2.55. The molecule has 0 atom stereocenters. The van der Waals surface area contributed by atoms with E-state index in [1.165, 1.54) is 21.1 Å². The number of aromatic carboxylic acids is 1. The van der Waals surface area contributed by atoms with E-state index in [0.29, 0.717) is 0 Å². The minimum Gasteiger partial charge on any atom is -0.493 e. The van der Waals surface area contributed by atoms with E-state index in [1.807, 2.05) is 0 Å². The van der Waals surface area contributed by atoms with Crippen LogP contribution < -0.4 is 9.47 Å². The monoisotopic (exact) mass is 213 g/mol. The molecule has 0 amide bonds. The lowest BCUT2D eigenvalue weighted by Crippen LogP contribution is -2.01. The fraction of sp³-hybridized carbons (Fsp3) is 0.333. The number of hydrogen-bond donors (Lipinski definition) is 2. The highest BCUT2D eigenvalue weighted by Gasteiger charge is 2.25. The molecule has 0 spiro atoms. The molecule has 6 heteroatoms. The maximum absolute atomic E-state index is 11.3. The van der Waals surface area contributed by atoms with Gasteiger partial charge in [0.25, 0.3) is 0 Å². The van der Waals surface area contributed by atoms with Gasteiger partial charge < -0.3 is 19.6 Å². The zero-order valence-corrected chi connectivity index (χ0v) is 8.58. The second kappa shape index (κ2) is 4.04. The summed E-state index contributed by atoms with van der Waals surface area (Å²) in [6, 6.07) is 0. The number of ether oxygens (including phenoxy) is 2. The number of aromatic nitrogens is 1. The Kier molecular flexibility index (Phi) is 2.99. The number of nitrogens with one attached hydrogen (secondary N) is 1. The van der Waals surface area contributed by atoms with Gasteiger partial charge in [0.2, 0.25) is 5.88 Å². The van der Waals surface area contributed by atoms with Crippen molar-refractivity contribution in [3.8, 4) is 11.6 Å². The van der Waals surface area contributed by atoms with Crippen LogP contribution in [-0.4, -0.2) is 36.1 Å². The van der Waals surface area contributed by atoms with Crippen LogP contribution in [0.1, 0.15) is 27.8 Å². The molecular weight excluding hydrogens is 202 g/mol. The Morgan fingerprint density at radius 1 is 1.27 bits per heavy atom. The van der Waals surface area contributed by atoms with Crippen LogP contribution in [0.3, 0.4) is 0 Å². The number of ketones is 1. The lowest BCUT2D eigenvalue weighted by atomic mass is 10.2. The van der Waals surface area contributed by atoms with E-state index in [9.17, 15) is 9.59 Å². The number of hydrogen-bond acceptors (Lipinski definition) is 4. The van der Waals surface area contributed by atoms with Crippen molar-refractivity contribution >= 4 is 11.8 Å². The smallest absolute Gasteiger partial charge is 0.356 e. The van der Waals surface area contributed by atoms with Crippen molar-refractivity contribution in [2.45, 2.75) is 6.92 Å². The molecule has 1 aromatic heterocycles. The molecule has 0 aromatic carbocycles. The van der Waals surface area contributed by atoms with Gasteiger partial charge in [0.15, 0.2) is 17.2 Å². The van der Waals surface area contributed by atoms with Crippen molar-refractivity contribution in [1.29, 1.82) is 0 Å².